The lowest BCUT2D eigenvalue weighted by atomic mass is 11.0. The standard InChI is InChI=1S/C3H11NO2S/c1-3-7(5,6)4-2/h4-6H,3H2,1-2H3. The fourth-order valence-electron chi connectivity index (χ4n) is 0.144. The van der Waals surface area contributed by atoms with Gasteiger partial charge in [-0.1, -0.05) is 0 Å². The summed E-state index contributed by atoms with van der Waals surface area (Å²) in [7, 11) is -0.881. The van der Waals surface area contributed by atoms with Gasteiger partial charge in [-0.15, -0.1) is 10.8 Å². The molecule has 3 nitrogen and oxygen atoms in total. The first-order valence-electron chi connectivity index (χ1n) is 2.07. The molecule has 0 atom stereocenters. The van der Waals surface area contributed by atoms with E-state index >= 15 is 0 Å². The van der Waals surface area contributed by atoms with Crippen LogP contribution in [0.5, 0.6) is 0 Å². The topological polar surface area (TPSA) is 52.5 Å². The molecule has 0 aromatic carbocycles. The minimum absolute atomic E-state index is 0.378. The molecule has 0 radical (unpaired) electrons. The Morgan fingerprint density at radius 3 is 2.00 bits per heavy atom. The predicted octanol–water partition coefficient (Wildman–Crippen LogP) is 0.891. The fraction of sp³-hybridized carbons (Fsp3) is 1.00. The van der Waals surface area contributed by atoms with Crippen LogP contribution in [0.1, 0.15) is 6.92 Å². The minimum atomic E-state index is -2.41. The fourth-order valence-corrected chi connectivity index (χ4v) is 0.433. The third-order valence-electron chi connectivity index (χ3n) is 0.729. The highest BCUT2D eigenvalue weighted by Gasteiger charge is 2.00. The van der Waals surface area contributed by atoms with Gasteiger partial charge in [0, 0.05) is 12.8 Å². The van der Waals surface area contributed by atoms with Gasteiger partial charge in [0.25, 0.3) is 0 Å². The second-order valence-corrected chi connectivity index (χ2v) is 3.48. The zero-order chi connectivity index (χ0) is 5.91. The first-order chi connectivity index (χ1) is 3.12. The maximum absolute atomic E-state index is 8.66. The Hall–Kier alpha value is 0.230. The average molecular weight is 125 g/mol. The number of hydrogen-bond donors (Lipinski definition) is 3. The molecule has 0 aliphatic carbocycles. The lowest BCUT2D eigenvalue weighted by Crippen LogP contribution is -2.15. The molecule has 0 bridgehead atoms. The molecule has 0 aliphatic rings. The van der Waals surface area contributed by atoms with E-state index in [-0.39, 0.29) is 0 Å². The van der Waals surface area contributed by atoms with Gasteiger partial charge >= 0.3 is 0 Å². The normalized spacial score (nSPS) is 14.3. The van der Waals surface area contributed by atoms with Crippen molar-refractivity contribution in [1.82, 2.24) is 4.72 Å². The summed E-state index contributed by atoms with van der Waals surface area (Å²) in [5.74, 6) is 0.378. The molecule has 0 aromatic rings. The number of nitrogens with one attached hydrogen (secondary N) is 1. The van der Waals surface area contributed by atoms with Crippen molar-refractivity contribution in [2.24, 2.45) is 0 Å². The van der Waals surface area contributed by atoms with E-state index in [1.807, 2.05) is 0 Å². The molecule has 0 saturated heterocycles. The molecular formula is C3H11NO2S. The average Bonchev–Trinajstić information content (AvgIpc) is 1.68. The van der Waals surface area contributed by atoms with E-state index in [9.17, 15) is 0 Å². The Labute approximate surface area is 45.2 Å². The van der Waals surface area contributed by atoms with Crippen LogP contribution in [0.3, 0.4) is 0 Å². The highest BCUT2D eigenvalue weighted by atomic mass is 32.3. The van der Waals surface area contributed by atoms with E-state index in [0.29, 0.717) is 5.75 Å². The van der Waals surface area contributed by atoms with Gasteiger partial charge in [-0.25, -0.2) is 4.72 Å². The minimum Gasteiger partial charge on any atom is -0.286 e. The van der Waals surface area contributed by atoms with Crippen LogP contribution in [0.25, 0.3) is 0 Å². The van der Waals surface area contributed by atoms with Crippen LogP contribution in [0.4, 0.5) is 0 Å². The Balaban J connectivity index is 3.36. The van der Waals surface area contributed by atoms with Gasteiger partial charge in [0.05, 0.1) is 0 Å². The molecule has 0 rings (SSSR count). The molecule has 0 saturated carbocycles. The van der Waals surface area contributed by atoms with Crippen LogP contribution >= 0.6 is 10.8 Å². The summed E-state index contributed by atoms with van der Waals surface area (Å²) in [6.07, 6.45) is 0. The Bertz CT molecular complexity index is 50.9. The van der Waals surface area contributed by atoms with Crippen LogP contribution in [0.2, 0.25) is 0 Å². The second-order valence-electron chi connectivity index (χ2n) is 1.16. The lowest BCUT2D eigenvalue weighted by molar-refractivity contribution is 0.478. The monoisotopic (exact) mass is 125 g/mol. The van der Waals surface area contributed by atoms with Crippen molar-refractivity contribution in [3.05, 3.63) is 0 Å². The zero-order valence-electron chi connectivity index (χ0n) is 4.51. The van der Waals surface area contributed by atoms with Crippen LogP contribution in [-0.2, 0) is 0 Å². The van der Waals surface area contributed by atoms with Crippen molar-refractivity contribution in [3.63, 3.8) is 0 Å². The lowest BCUT2D eigenvalue weighted by Gasteiger charge is -2.28. The molecule has 0 heterocycles. The molecule has 0 aromatic heterocycles. The van der Waals surface area contributed by atoms with E-state index < -0.39 is 10.8 Å². The third-order valence-corrected chi connectivity index (χ3v) is 2.19. The Kier molecular flexibility index (Phi) is 2.60. The van der Waals surface area contributed by atoms with Gasteiger partial charge in [-0.3, -0.25) is 9.11 Å². The van der Waals surface area contributed by atoms with E-state index in [2.05, 4.69) is 4.72 Å². The van der Waals surface area contributed by atoms with E-state index in [1.165, 1.54) is 7.05 Å². The molecule has 3 N–H and O–H groups in total. The summed E-state index contributed by atoms with van der Waals surface area (Å²) >= 11 is 0. The summed E-state index contributed by atoms with van der Waals surface area (Å²) < 4.78 is 19.7. The van der Waals surface area contributed by atoms with Crippen molar-refractivity contribution in [3.8, 4) is 0 Å². The summed E-state index contributed by atoms with van der Waals surface area (Å²) in [5.41, 5.74) is 0. The summed E-state index contributed by atoms with van der Waals surface area (Å²) in [6.45, 7) is 1.71. The van der Waals surface area contributed by atoms with Crippen LogP contribution in [-0.4, -0.2) is 21.9 Å². The SMILES string of the molecule is CCS(O)(O)NC. The van der Waals surface area contributed by atoms with E-state index in [1.54, 1.807) is 6.92 Å². The van der Waals surface area contributed by atoms with Crippen molar-refractivity contribution in [2.45, 2.75) is 6.92 Å². The predicted molar refractivity (Wildman–Crippen MR) is 32.4 cm³/mol. The molecule has 0 fully saturated rings. The maximum atomic E-state index is 8.66. The van der Waals surface area contributed by atoms with Gasteiger partial charge < -0.3 is 0 Å². The Morgan fingerprint density at radius 1 is 1.57 bits per heavy atom. The highest BCUT2D eigenvalue weighted by Crippen LogP contribution is 2.30. The first kappa shape index (κ1) is 7.23. The molecule has 0 aliphatic heterocycles. The van der Waals surface area contributed by atoms with Crippen molar-refractivity contribution in [2.75, 3.05) is 12.8 Å². The van der Waals surface area contributed by atoms with E-state index in [4.69, 9.17) is 9.11 Å². The van der Waals surface area contributed by atoms with Gasteiger partial charge in [-0.05, 0) is 6.92 Å². The van der Waals surface area contributed by atoms with Crippen LogP contribution in [0, 0.1) is 0 Å². The van der Waals surface area contributed by atoms with Crippen LogP contribution < -0.4 is 4.72 Å². The number of rotatable bonds is 2. The Morgan fingerprint density at radius 2 is 2.00 bits per heavy atom. The molecule has 7 heavy (non-hydrogen) atoms. The van der Waals surface area contributed by atoms with Gasteiger partial charge in [-0.2, -0.15) is 0 Å². The summed E-state index contributed by atoms with van der Waals surface area (Å²) in [5, 5.41) is 0. The van der Waals surface area contributed by atoms with Crippen LogP contribution in [0.15, 0.2) is 0 Å². The number of hydrogen-bond acceptors (Lipinski definition) is 3. The van der Waals surface area contributed by atoms with Gasteiger partial charge in [0.2, 0.25) is 0 Å². The van der Waals surface area contributed by atoms with Crippen molar-refractivity contribution in [1.29, 1.82) is 0 Å². The summed E-state index contributed by atoms with van der Waals surface area (Å²) in [6, 6.07) is 0. The molecule has 4 heteroatoms. The molecule has 0 amide bonds. The molecule has 0 unspecified atom stereocenters. The molecule has 0 spiro atoms. The van der Waals surface area contributed by atoms with Crippen molar-refractivity contribution < 1.29 is 9.11 Å². The third kappa shape index (κ3) is 2.87. The quantitative estimate of drug-likeness (QED) is 0.513. The molecule has 46 valence electrons. The van der Waals surface area contributed by atoms with Crippen molar-refractivity contribution >= 4 is 10.8 Å². The van der Waals surface area contributed by atoms with Gasteiger partial charge in [0.1, 0.15) is 0 Å². The smallest absolute Gasteiger partial charge is 0.0499 e. The zero-order valence-corrected chi connectivity index (χ0v) is 5.33. The second kappa shape index (κ2) is 2.52. The largest absolute Gasteiger partial charge is 0.286 e. The first-order valence-corrected chi connectivity index (χ1v) is 3.78. The van der Waals surface area contributed by atoms with Gasteiger partial charge in [0.15, 0.2) is 0 Å². The maximum Gasteiger partial charge on any atom is 0.0499 e. The highest BCUT2D eigenvalue weighted by molar-refractivity contribution is 8.22. The summed E-state index contributed by atoms with van der Waals surface area (Å²) in [4.78, 5) is 0. The van der Waals surface area contributed by atoms with E-state index in [0.717, 1.165) is 0 Å². The molecular weight excluding hydrogens is 114 g/mol.